The molecule has 0 bridgehead atoms. The molecule has 0 saturated carbocycles. The van der Waals surface area contributed by atoms with Gasteiger partial charge in [-0.25, -0.2) is 4.68 Å². The number of halogens is 1. The molecule has 2 amide bonds. The fourth-order valence-electron chi connectivity index (χ4n) is 2.96. The van der Waals surface area contributed by atoms with Crippen LogP contribution in [-0.4, -0.2) is 42.9 Å². The summed E-state index contributed by atoms with van der Waals surface area (Å²) >= 11 is 6.38. The number of nitrogens with zero attached hydrogens (tertiary/aromatic N) is 2. The van der Waals surface area contributed by atoms with E-state index in [1.807, 2.05) is 30.3 Å². The Morgan fingerprint density at radius 3 is 2.06 bits per heavy atom. The normalized spacial score (nSPS) is 10.4. The lowest BCUT2D eigenvalue weighted by atomic mass is 10.1. The predicted molar refractivity (Wildman–Crippen MR) is 114 cm³/mol. The van der Waals surface area contributed by atoms with Crippen molar-refractivity contribution in [3.63, 3.8) is 0 Å². The molecule has 0 radical (unpaired) electrons. The van der Waals surface area contributed by atoms with Gasteiger partial charge < -0.3 is 14.2 Å². The second-order valence-electron chi connectivity index (χ2n) is 6.32. The van der Waals surface area contributed by atoms with Gasteiger partial charge in [0.2, 0.25) is 5.75 Å². The maximum atomic E-state index is 12.7. The predicted octanol–water partition coefficient (Wildman–Crippen LogP) is 2.93. The van der Waals surface area contributed by atoms with E-state index in [0.29, 0.717) is 28.6 Å². The Balaban J connectivity index is 1.79. The van der Waals surface area contributed by atoms with Crippen molar-refractivity contribution in [1.82, 2.24) is 20.6 Å². The molecule has 2 aromatic carbocycles. The van der Waals surface area contributed by atoms with Crippen LogP contribution < -0.4 is 25.1 Å². The Morgan fingerprint density at radius 1 is 0.935 bits per heavy atom. The molecule has 0 spiro atoms. The van der Waals surface area contributed by atoms with Gasteiger partial charge >= 0.3 is 0 Å². The molecule has 0 fully saturated rings. The van der Waals surface area contributed by atoms with Crippen molar-refractivity contribution in [2.45, 2.75) is 6.92 Å². The summed E-state index contributed by atoms with van der Waals surface area (Å²) in [4.78, 5) is 25.3. The minimum absolute atomic E-state index is 0.128. The van der Waals surface area contributed by atoms with Crippen molar-refractivity contribution in [3.05, 3.63) is 64.4 Å². The highest BCUT2D eigenvalue weighted by Crippen LogP contribution is 2.38. The average Bonchev–Trinajstić information content (AvgIpc) is 3.10. The molecule has 0 aliphatic carbocycles. The number of nitrogens with one attached hydrogen (secondary N) is 2. The van der Waals surface area contributed by atoms with E-state index in [1.165, 1.54) is 38.1 Å². The minimum Gasteiger partial charge on any atom is -0.493 e. The number of methoxy groups -OCH3 is 3. The summed E-state index contributed by atoms with van der Waals surface area (Å²) in [5.74, 6) is -0.230. The fraction of sp³-hybridized carbons (Fsp3) is 0.190. The molecule has 0 atom stereocenters. The number of hydrazine groups is 1. The molecular weight excluding hydrogens is 424 g/mol. The van der Waals surface area contributed by atoms with Gasteiger partial charge in [0, 0.05) is 5.56 Å². The van der Waals surface area contributed by atoms with Crippen molar-refractivity contribution in [2.75, 3.05) is 21.3 Å². The first-order chi connectivity index (χ1) is 14.9. The first kappa shape index (κ1) is 22.0. The molecule has 0 saturated heterocycles. The molecule has 1 heterocycles. The van der Waals surface area contributed by atoms with Crippen LogP contribution in [0.1, 0.15) is 26.4 Å². The van der Waals surface area contributed by atoms with Crippen LogP contribution in [-0.2, 0) is 0 Å². The van der Waals surface area contributed by atoms with Crippen molar-refractivity contribution in [1.29, 1.82) is 0 Å². The molecule has 9 nitrogen and oxygen atoms in total. The van der Waals surface area contributed by atoms with E-state index in [0.717, 1.165) is 0 Å². The molecule has 0 aliphatic heterocycles. The maximum absolute atomic E-state index is 12.7. The van der Waals surface area contributed by atoms with E-state index in [2.05, 4.69) is 16.0 Å². The third-order valence-corrected chi connectivity index (χ3v) is 4.80. The van der Waals surface area contributed by atoms with Crippen molar-refractivity contribution < 1.29 is 23.8 Å². The van der Waals surface area contributed by atoms with Crippen LogP contribution in [0, 0.1) is 6.92 Å². The van der Waals surface area contributed by atoms with Gasteiger partial charge in [-0.15, -0.1) is 0 Å². The third-order valence-electron chi connectivity index (χ3n) is 4.45. The molecule has 0 aliphatic rings. The summed E-state index contributed by atoms with van der Waals surface area (Å²) in [6, 6.07) is 12.1. The van der Waals surface area contributed by atoms with Gasteiger partial charge in [-0.3, -0.25) is 20.4 Å². The van der Waals surface area contributed by atoms with E-state index in [-0.39, 0.29) is 16.3 Å². The van der Waals surface area contributed by atoms with Crippen molar-refractivity contribution >= 4 is 23.4 Å². The van der Waals surface area contributed by atoms with E-state index >= 15 is 0 Å². The van der Waals surface area contributed by atoms with Crippen LogP contribution in [0.2, 0.25) is 5.15 Å². The average molecular weight is 445 g/mol. The SMILES string of the molecule is COc1cc(C(=O)NNC(=O)c2c(C)nn(-c3ccccc3)c2Cl)cc(OC)c1OC. The number of carbonyl (C=O) groups excluding carboxylic acids is 2. The number of carbonyl (C=O) groups is 2. The molecule has 31 heavy (non-hydrogen) atoms. The highest BCUT2D eigenvalue weighted by atomic mass is 35.5. The second kappa shape index (κ2) is 9.40. The lowest BCUT2D eigenvalue weighted by molar-refractivity contribution is 0.0846. The van der Waals surface area contributed by atoms with Crippen molar-refractivity contribution in [2.24, 2.45) is 0 Å². The van der Waals surface area contributed by atoms with Gasteiger partial charge in [0.15, 0.2) is 11.5 Å². The minimum atomic E-state index is -0.606. The van der Waals surface area contributed by atoms with E-state index in [9.17, 15) is 9.59 Å². The first-order valence-electron chi connectivity index (χ1n) is 9.12. The van der Waals surface area contributed by atoms with Gasteiger partial charge in [0.1, 0.15) is 10.7 Å². The fourth-order valence-corrected chi connectivity index (χ4v) is 3.32. The zero-order valence-corrected chi connectivity index (χ0v) is 18.1. The summed E-state index contributed by atoms with van der Waals surface area (Å²) in [5.41, 5.74) is 6.17. The number of benzene rings is 2. The molecule has 3 rings (SSSR count). The van der Waals surface area contributed by atoms with Crippen LogP contribution in [0.5, 0.6) is 17.2 Å². The number of para-hydroxylation sites is 1. The van der Waals surface area contributed by atoms with Gasteiger partial charge in [-0.05, 0) is 31.2 Å². The lowest BCUT2D eigenvalue weighted by Crippen LogP contribution is -2.41. The molecule has 0 unspecified atom stereocenters. The number of ether oxygens (including phenoxy) is 3. The second-order valence-corrected chi connectivity index (χ2v) is 6.68. The largest absolute Gasteiger partial charge is 0.493 e. The van der Waals surface area contributed by atoms with Crippen LogP contribution >= 0.6 is 11.6 Å². The zero-order valence-electron chi connectivity index (χ0n) is 17.4. The number of hydrogen-bond acceptors (Lipinski definition) is 6. The summed E-state index contributed by atoms with van der Waals surface area (Å²) in [7, 11) is 4.34. The zero-order chi connectivity index (χ0) is 22.5. The van der Waals surface area contributed by atoms with Crippen LogP contribution in [0.4, 0.5) is 0 Å². The summed E-state index contributed by atoms with van der Waals surface area (Å²) in [5, 5.41) is 4.44. The Labute approximate surface area is 183 Å². The van der Waals surface area contributed by atoms with E-state index in [1.54, 1.807) is 6.92 Å². The highest BCUT2D eigenvalue weighted by Gasteiger charge is 2.22. The lowest BCUT2D eigenvalue weighted by Gasteiger charge is -2.14. The van der Waals surface area contributed by atoms with E-state index < -0.39 is 11.8 Å². The Hall–Kier alpha value is -3.72. The number of hydrogen-bond donors (Lipinski definition) is 2. The number of amides is 2. The Kier molecular flexibility index (Phi) is 6.66. The van der Waals surface area contributed by atoms with Crippen LogP contribution in [0.15, 0.2) is 42.5 Å². The first-order valence-corrected chi connectivity index (χ1v) is 9.50. The quantitative estimate of drug-likeness (QED) is 0.566. The van der Waals surface area contributed by atoms with Gasteiger partial charge in [0.05, 0.1) is 32.7 Å². The topological polar surface area (TPSA) is 104 Å². The number of aromatic nitrogens is 2. The van der Waals surface area contributed by atoms with Gasteiger partial charge in [-0.1, -0.05) is 29.8 Å². The maximum Gasteiger partial charge on any atom is 0.274 e. The molecular formula is C21H21ClN4O5. The molecule has 2 N–H and O–H groups in total. The van der Waals surface area contributed by atoms with Gasteiger partial charge in [0.25, 0.3) is 11.8 Å². The molecule has 1 aromatic heterocycles. The van der Waals surface area contributed by atoms with Gasteiger partial charge in [-0.2, -0.15) is 5.10 Å². The molecule has 3 aromatic rings. The Bertz CT molecular complexity index is 1090. The van der Waals surface area contributed by atoms with Crippen molar-refractivity contribution in [3.8, 4) is 22.9 Å². The Morgan fingerprint density at radius 2 is 1.52 bits per heavy atom. The third kappa shape index (κ3) is 4.41. The number of rotatable bonds is 6. The molecule has 10 heteroatoms. The standard InChI is InChI=1S/C21H21ClN4O5/c1-12-17(19(22)26(25-12)14-8-6-5-7-9-14)21(28)24-23-20(27)13-10-15(29-2)18(31-4)16(11-13)30-3/h5-11H,1-4H3,(H,23,27)(H,24,28). The smallest absolute Gasteiger partial charge is 0.274 e. The monoisotopic (exact) mass is 444 g/mol. The summed E-state index contributed by atoms with van der Waals surface area (Å²) in [6.45, 7) is 1.65. The molecule has 162 valence electrons. The summed E-state index contributed by atoms with van der Waals surface area (Å²) in [6.07, 6.45) is 0. The van der Waals surface area contributed by atoms with E-state index in [4.69, 9.17) is 25.8 Å². The highest BCUT2D eigenvalue weighted by molar-refractivity contribution is 6.33. The number of aryl methyl sites for hydroxylation is 1. The van der Waals surface area contributed by atoms with Crippen LogP contribution in [0.3, 0.4) is 0 Å². The summed E-state index contributed by atoms with van der Waals surface area (Å²) < 4.78 is 17.2. The van der Waals surface area contributed by atoms with Crippen LogP contribution in [0.25, 0.3) is 5.69 Å².